The number of aryl methyl sites for hydroxylation is 1. The van der Waals surface area contributed by atoms with Crippen molar-refractivity contribution in [3.63, 3.8) is 0 Å². The van der Waals surface area contributed by atoms with E-state index < -0.39 is 36.5 Å². The van der Waals surface area contributed by atoms with E-state index in [2.05, 4.69) is 15.4 Å². The molecule has 2 heterocycles. The zero-order valence-corrected chi connectivity index (χ0v) is 16.2. The highest BCUT2D eigenvalue weighted by Gasteiger charge is 2.57. The van der Waals surface area contributed by atoms with Crippen molar-refractivity contribution < 1.29 is 27.8 Å². The van der Waals surface area contributed by atoms with Gasteiger partial charge < -0.3 is 19.7 Å². The number of carbonyl (C=O) groups is 1. The van der Waals surface area contributed by atoms with Gasteiger partial charge in [0.15, 0.2) is 5.69 Å². The molecule has 0 spiro atoms. The lowest BCUT2D eigenvalue weighted by Gasteiger charge is -2.29. The number of halogens is 3. The van der Waals surface area contributed by atoms with E-state index in [0.29, 0.717) is 11.4 Å². The lowest BCUT2D eigenvalue weighted by Crippen LogP contribution is -2.46. The molecule has 8 nitrogen and oxygen atoms in total. The number of amides is 1. The van der Waals surface area contributed by atoms with Crippen LogP contribution in [0.5, 0.6) is 5.75 Å². The van der Waals surface area contributed by atoms with Crippen molar-refractivity contribution in [2.45, 2.75) is 18.2 Å². The molecular formula is C19H20F3N5O3. The van der Waals surface area contributed by atoms with Gasteiger partial charge in [0, 0.05) is 38.6 Å². The molecule has 0 saturated heterocycles. The Morgan fingerprint density at radius 2 is 1.90 bits per heavy atom. The fourth-order valence-corrected chi connectivity index (χ4v) is 2.92. The van der Waals surface area contributed by atoms with Crippen molar-refractivity contribution in [2.75, 3.05) is 13.7 Å². The number of nitrogens with one attached hydrogen (secondary N) is 1. The maximum Gasteiger partial charge on any atom is 0.424 e. The Balaban J connectivity index is 1.66. The molecule has 0 bridgehead atoms. The van der Waals surface area contributed by atoms with E-state index in [-0.39, 0.29) is 5.69 Å². The number of nitrogens with zero attached hydrogens (tertiary/aromatic N) is 4. The molecule has 1 unspecified atom stereocenters. The van der Waals surface area contributed by atoms with Crippen LogP contribution in [0.15, 0.2) is 48.9 Å². The van der Waals surface area contributed by atoms with Gasteiger partial charge in [-0.15, -0.1) is 0 Å². The monoisotopic (exact) mass is 423 g/mol. The van der Waals surface area contributed by atoms with Crippen molar-refractivity contribution in [3.8, 4) is 11.4 Å². The van der Waals surface area contributed by atoms with Crippen LogP contribution in [0, 0.1) is 0 Å². The van der Waals surface area contributed by atoms with Crippen LogP contribution in [0.3, 0.4) is 0 Å². The fraction of sp³-hybridized carbons (Fsp3) is 0.316. The van der Waals surface area contributed by atoms with E-state index in [0.717, 1.165) is 10.8 Å². The van der Waals surface area contributed by atoms with Crippen LogP contribution in [-0.2, 0) is 12.6 Å². The van der Waals surface area contributed by atoms with E-state index >= 15 is 0 Å². The van der Waals surface area contributed by atoms with Crippen molar-refractivity contribution in [3.05, 3.63) is 60.4 Å². The number of carbonyl (C=O) groups excluding carboxylic acids is 1. The molecule has 1 aromatic carbocycles. The molecule has 0 saturated carbocycles. The molecule has 3 aromatic rings. The topological polar surface area (TPSA) is 94.2 Å². The summed E-state index contributed by atoms with van der Waals surface area (Å²) in [6, 6.07) is 8.38. The summed E-state index contributed by atoms with van der Waals surface area (Å²) in [6.45, 7) is -0.433. The normalized spacial score (nSPS) is 13.7. The summed E-state index contributed by atoms with van der Waals surface area (Å²) in [5.74, 6) is -0.548. The van der Waals surface area contributed by atoms with Gasteiger partial charge in [0.2, 0.25) is 5.60 Å². The highest BCUT2D eigenvalue weighted by molar-refractivity contribution is 5.92. The second-order valence-electron chi connectivity index (χ2n) is 6.57. The number of imidazole rings is 1. The molecule has 11 heteroatoms. The van der Waals surface area contributed by atoms with E-state index in [4.69, 9.17) is 4.74 Å². The molecule has 0 aliphatic heterocycles. The van der Waals surface area contributed by atoms with Crippen LogP contribution in [0.4, 0.5) is 13.2 Å². The molecule has 0 aliphatic carbocycles. The standard InChI is InChI=1S/C19H20F3N5O3/c1-26-12-10-24-17(26)18(29,19(20,21)22)8-9-23-16(28)15-7-11-27(25-15)13-3-5-14(30-2)6-4-13/h3-7,10-12,29H,8-9H2,1-2H3,(H,23,28). The Morgan fingerprint density at radius 1 is 1.20 bits per heavy atom. The molecule has 0 radical (unpaired) electrons. The Kier molecular flexibility index (Phi) is 5.83. The summed E-state index contributed by atoms with van der Waals surface area (Å²) >= 11 is 0. The summed E-state index contributed by atoms with van der Waals surface area (Å²) in [4.78, 5) is 15.9. The van der Waals surface area contributed by atoms with Crippen molar-refractivity contribution in [1.29, 1.82) is 0 Å². The van der Waals surface area contributed by atoms with Gasteiger partial charge in [-0.3, -0.25) is 4.79 Å². The third-order valence-electron chi connectivity index (χ3n) is 4.59. The van der Waals surface area contributed by atoms with Crippen molar-refractivity contribution >= 4 is 5.91 Å². The Labute approximate surface area is 169 Å². The summed E-state index contributed by atoms with van der Waals surface area (Å²) in [6.07, 6.45) is -1.75. The molecule has 0 fully saturated rings. The first kappa shape index (κ1) is 21.4. The summed E-state index contributed by atoms with van der Waals surface area (Å²) in [5.41, 5.74) is -2.49. The van der Waals surface area contributed by atoms with Crippen molar-refractivity contribution in [2.24, 2.45) is 7.05 Å². The van der Waals surface area contributed by atoms with Crippen LogP contribution in [0.1, 0.15) is 22.7 Å². The number of rotatable bonds is 7. The smallest absolute Gasteiger partial charge is 0.424 e. The van der Waals surface area contributed by atoms with Gasteiger partial charge in [-0.25, -0.2) is 9.67 Å². The third-order valence-corrected chi connectivity index (χ3v) is 4.59. The Morgan fingerprint density at radius 3 is 2.47 bits per heavy atom. The molecule has 0 aliphatic rings. The molecule has 1 atom stereocenters. The van der Waals surface area contributed by atoms with E-state index in [1.54, 1.807) is 37.6 Å². The average Bonchev–Trinajstić information content (AvgIpc) is 3.36. The zero-order chi connectivity index (χ0) is 21.9. The highest BCUT2D eigenvalue weighted by atomic mass is 19.4. The highest BCUT2D eigenvalue weighted by Crippen LogP contribution is 2.40. The lowest BCUT2D eigenvalue weighted by molar-refractivity contribution is -0.272. The second-order valence-corrected chi connectivity index (χ2v) is 6.57. The SMILES string of the molecule is COc1ccc(-n2ccc(C(=O)NCCC(O)(c3nccn3C)C(F)(F)F)n2)cc1. The zero-order valence-electron chi connectivity index (χ0n) is 16.2. The van der Waals surface area contributed by atoms with Gasteiger partial charge in [0.05, 0.1) is 12.8 Å². The van der Waals surface area contributed by atoms with Gasteiger partial charge in [-0.1, -0.05) is 0 Å². The third kappa shape index (κ3) is 4.15. The summed E-state index contributed by atoms with van der Waals surface area (Å²) < 4.78 is 48.1. The Bertz CT molecular complexity index is 1010. The second kappa shape index (κ2) is 8.19. The summed E-state index contributed by atoms with van der Waals surface area (Å²) in [5, 5.41) is 16.8. The number of hydrogen-bond donors (Lipinski definition) is 2. The van der Waals surface area contributed by atoms with Gasteiger partial charge in [-0.05, 0) is 30.3 Å². The maximum atomic E-state index is 13.5. The first-order chi connectivity index (χ1) is 14.2. The number of aromatic nitrogens is 4. The van der Waals surface area contributed by atoms with Crippen molar-refractivity contribution in [1.82, 2.24) is 24.6 Å². The minimum atomic E-state index is -4.97. The lowest BCUT2D eigenvalue weighted by atomic mass is 9.97. The van der Waals surface area contributed by atoms with Gasteiger partial charge in [0.1, 0.15) is 11.6 Å². The first-order valence-electron chi connectivity index (χ1n) is 8.91. The van der Waals surface area contributed by atoms with Crippen LogP contribution in [0.25, 0.3) is 5.69 Å². The minimum absolute atomic E-state index is 0.0263. The minimum Gasteiger partial charge on any atom is -0.497 e. The van der Waals surface area contributed by atoms with E-state index in [1.165, 1.54) is 24.0 Å². The van der Waals surface area contributed by atoms with E-state index in [9.17, 15) is 23.1 Å². The quantitative estimate of drug-likeness (QED) is 0.608. The molecule has 30 heavy (non-hydrogen) atoms. The van der Waals surface area contributed by atoms with Crippen LogP contribution < -0.4 is 10.1 Å². The number of aliphatic hydroxyl groups is 1. The number of methoxy groups -OCH3 is 1. The number of alkyl halides is 3. The molecular weight excluding hydrogens is 403 g/mol. The summed E-state index contributed by atoms with van der Waals surface area (Å²) in [7, 11) is 2.89. The van der Waals surface area contributed by atoms with Gasteiger partial charge in [-0.2, -0.15) is 18.3 Å². The molecule has 2 aromatic heterocycles. The molecule has 160 valence electrons. The van der Waals surface area contributed by atoms with Gasteiger partial charge >= 0.3 is 6.18 Å². The fourth-order valence-electron chi connectivity index (χ4n) is 2.92. The number of hydrogen-bond acceptors (Lipinski definition) is 5. The van der Waals surface area contributed by atoms with Gasteiger partial charge in [0.25, 0.3) is 5.91 Å². The number of ether oxygens (including phenoxy) is 1. The predicted molar refractivity (Wildman–Crippen MR) is 100 cm³/mol. The average molecular weight is 423 g/mol. The maximum absolute atomic E-state index is 13.5. The number of benzene rings is 1. The Hall–Kier alpha value is -3.34. The predicted octanol–water partition coefficient (Wildman–Crippen LogP) is 2.18. The van der Waals surface area contributed by atoms with Crippen LogP contribution in [-0.4, -0.2) is 50.2 Å². The van der Waals surface area contributed by atoms with E-state index in [1.807, 2.05) is 0 Å². The molecule has 3 rings (SSSR count). The van der Waals surface area contributed by atoms with Crippen LogP contribution in [0.2, 0.25) is 0 Å². The molecule has 1 amide bonds. The van der Waals surface area contributed by atoms with Crippen LogP contribution >= 0.6 is 0 Å². The largest absolute Gasteiger partial charge is 0.497 e. The molecule has 2 N–H and O–H groups in total. The first-order valence-corrected chi connectivity index (χ1v) is 8.91.